The summed E-state index contributed by atoms with van der Waals surface area (Å²) >= 11 is 0. The Hall–Kier alpha value is -5.29. The maximum absolute atomic E-state index is 6.67. The van der Waals surface area contributed by atoms with Crippen LogP contribution in [0.15, 0.2) is 157 Å². The van der Waals surface area contributed by atoms with E-state index in [1.54, 1.807) is 5.01 Å². The van der Waals surface area contributed by atoms with Crippen molar-refractivity contribution in [1.29, 1.82) is 0 Å². The van der Waals surface area contributed by atoms with Crippen LogP contribution in [0.1, 0.15) is 47.8 Å². The molecule has 6 aromatic carbocycles. The number of fused-ring (bicyclic) bond motifs is 3. The predicted molar refractivity (Wildman–Crippen MR) is 192 cm³/mol. The number of nitrogens with one attached hydrogen (secondary N) is 1. The highest BCUT2D eigenvalue weighted by Gasteiger charge is 2.37. The largest absolute Gasteiger partial charge is 0.354 e. The third kappa shape index (κ3) is 5.77. The van der Waals surface area contributed by atoms with Gasteiger partial charge in [0.05, 0.1) is 5.69 Å². The van der Waals surface area contributed by atoms with E-state index >= 15 is 0 Å². The molecule has 0 aliphatic heterocycles. The zero-order valence-electron chi connectivity index (χ0n) is 26.3. The topological polar surface area (TPSA) is 53.7 Å². The Bertz CT molecular complexity index is 1980. The average Bonchev–Trinajstić information content (AvgIpc) is 3.33. The summed E-state index contributed by atoms with van der Waals surface area (Å²) in [4.78, 5) is 5.03. The number of anilines is 2. The van der Waals surface area contributed by atoms with Crippen LogP contribution in [0.3, 0.4) is 0 Å². The molecule has 226 valence electrons. The molecule has 1 aliphatic rings. The molecular weight excluding hydrogens is 560 g/mol. The highest BCUT2D eigenvalue weighted by Crippen LogP contribution is 2.54. The molecule has 0 spiro atoms. The van der Waals surface area contributed by atoms with Gasteiger partial charge in [-0.2, -0.15) is 0 Å². The first-order chi connectivity index (χ1) is 22.5. The Labute approximate surface area is 271 Å². The molecule has 46 heavy (non-hydrogen) atoms. The van der Waals surface area contributed by atoms with Crippen molar-refractivity contribution < 1.29 is 0 Å². The Morgan fingerprint density at radius 1 is 0.696 bits per heavy atom. The van der Waals surface area contributed by atoms with Gasteiger partial charge in [-0.3, -0.25) is 10.8 Å². The summed E-state index contributed by atoms with van der Waals surface area (Å²) in [6.45, 7) is 5.23. The second-order valence-corrected chi connectivity index (χ2v) is 12.4. The number of hydrogen-bond acceptors (Lipinski definition) is 4. The molecule has 0 saturated carbocycles. The number of hydrazine groups is 1. The lowest BCUT2D eigenvalue weighted by molar-refractivity contribution is 0.199. The first-order valence-electron chi connectivity index (χ1n) is 15.8. The fraction of sp³-hybridized carbons (Fsp3) is 0.119. The molecule has 0 fully saturated rings. The monoisotopic (exact) mass is 598 g/mol. The molecule has 0 heterocycles. The zero-order valence-corrected chi connectivity index (χ0v) is 26.3. The van der Waals surface area contributed by atoms with E-state index in [0.29, 0.717) is 6.54 Å². The zero-order chi connectivity index (χ0) is 31.5. The number of nitrogens with zero attached hydrogens (tertiary/aromatic N) is 2. The molecule has 7 rings (SSSR count). The van der Waals surface area contributed by atoms with Gasteiger partial charge in [-0.15, -0.1) is 0 Å². The second kappa shape index (κ2) is 12.6. The standard InChI is InChI=1S/C42H38N4/c1-42(2)37-24-13-12-23-36(37)39-38(42)26-25-35(32-18-8-4-9-19-32)40(39)45-34-22-14-17-31(27-34)28-44-41(33-20-10-5-11-21-33)46(43)29-30-15-6-3-7-16-30/h3-28,41,45H,29,43H2,1-2H3. The van der Waals surface area contributed by atoms with Gasteiger partial charge in [0.1, 0.15) is 6.17 Å². The van der Waals surface area contributed by atoms with E-state index in [1.807, 2.05) is 42.6 Å². The van der Waals surface area contributed by atoms with Gasteiger partial charge in [-0.05, 0) is 51.1 Å². The minimum atomic E-state index is -0.334. The lowest BCUT2D eigenvalue weighted by Crippen LogP contribution is -2.34. The van der Waals surface area contributed by atoms with E-state index < -0.39 is 0 Å². The first-order valence-corrected chi connectivity index (χ1v) is 15.8. The van der Waals surface area contributed by atoms with Crippen molar-refractivity contribution in [3.05, 3.63) is 179 Å². The average molecular weight is 599 g/mol. The Balaban J connectivity index is 1.25. The molecule has 4 nitrogen and oxygen atoms in total. The lowest BCUT2D eigenvalue weighted by atomic mass is 9.82. The van der Waals surface area contributed by atoms with Crippen molar-refractivity contribution in [2.24, 2.45) is 10.8 Å². The molecule has 0 radical (unpaired) electrons. The van der Waals surface area contributed by atoms with E-state index in [9.17, 15) is 0 Å². The molecule has 6 aromatic rings. The van der Waals surface area contributed by atoms with Crippen molar-refractivity contribution in [3.63, 3.8) is 0 Å². The SMILES string of the molecule is CC1(C)c2ccccc2-c2c1ccc(-c1ccccc1)c2Nc1cccc(C=NC(c2ccccc2)N(N)Cc2ccccc2)c1. The molecular formula is C42H38N4. The molecule has 0 aromatic heterocycles. The number of hydrogen-bond donors (Lipinski definition) is 2. The van der Waals surface area contributed by atoms with Gasteiger partial charge < -0.3 is 5.32 Å². The van der Waals surface area contributed by atoms with Gasteiger partial charge in [0.15, 0.2) is 0 Å². The minimum Gasteiger partial charge on any atom is -0.354 e. The van der Waals surface area contributed by atoms with Crippen LogP contribution in [0.5, 0.6) is 0 Å². The van der Waals surface area contributed by atoms with Crippen molar-refractivity contribution in [1.82, 2.24) is 5.01 Å². The van der Waals surface area contributed by atoms with E-state index in [1.165, 1.54) is 33.4 Å². The molecule has 0 amide bonds. The second-order valence-electron chi connectivity index (χ2n) is 12.4. The van der Waals surface area contributed by atoms with Crippen LogP contribution in [-0.2, 0) is 12.0 Å². The summed E-state index contributed by atoms with van der Waals surface area (Å²) in [5.41, 5.74) is 12.8. The van der Waals surface area contributed by atoms with Crippen molar-refractivity contribution in [3.8, 4) is 22.3 Å². The number of aliphatic imine (C=N–C) groups is 1. The van der Waals surface area contributed by atoms with E-state index in [-0.39, 0.29) is 11.6 Å². The quantitative estimate of drug-likeness (QED) is 0.0989. The van der Waals surface area contributed by atoms with Crippen LogP contribution in [0.4, 0.5) is 11.4 Å². The fourth-order valence-electron chi connectivity index (χ4n) is 6.65. The Morgan fingerprint density at radius 3 is 2.13 bits per heavy atom. The van der Waals surface area contributed by atoms with Crippen molar-refractivity contribution in [2.45, 2.75) is 32.0 Å². The third-order valence-corrected chi connectivity index (χ3v) is 8.97. The molecule has 0 bridgehead atoms. The van der Waals surface area contributed by atoms with Crippen LogP contribution in [0.2, 0.25) is 0 Å². The summed E-state index contributed by atoms with van der Waals surface area (Å²) in [5, 5.41) is 5.66. The Morgan fingerprint density at radius 2 is 1.37 bits per heavy atom. The molecule has 0 saturated heterocycles. The summed E-state index contributed by atoms with van der Waals surface area (Å²) in [6.07, 6.45) is 1.60. The Kier molecular flexibility index (Phi) is 8.06. The van der Waals surface area contributed by atoms with Crippen LogP contribution in [-0.4, -0.2) is 11.2 Å². The molecule has 3 N–H and O–H groups in total. The highest BCUT2D eigenvalue weighted by atomic mass is 15.5. The number of rotatable bonds is 9. The normalized spacial score (nSPS) is 13.8. The van der Waals surface area contributed by atoms with Crippen molar-refractivity contribution in [2.75, 3.05) is 5.32 Å². The van der Waals surface area contributed by atoms with Crippen LogP contribution in [0, 0.1) is 0 Å². The predicted octanol–water partition coefficient (Wildman–Crippen LogP) is 9.90. The molecule has 1 atom stereocenters. The summed E-state index contributed by atoms with van der Waals surface area (Å²) in [6, 6.07) is 52.9. The highest BCUT2D eigenvalue weighted by molar-refractivity contribution is 5.99. The first kappa shape index (κ1) is 29.4. The van der Waals surface area contributed by atoms with Gasteiger partial charge >= 0.3 is 0 Å². The molecule has 1 unspecified atom stereocenters. The molecule has 4 heteroatoms. The van der Waals surface area contributed by atoms with Gasteiger partial charge in [-0.25, -0.2) is 5.01 Å². The van der Waals surface area contributed by atoms with Gasteiger partial charge in [0.2, 0.25) is 0 Å². The van der Waals surface area contributed by atoms with E-state index in [0.717, 1.165) is 28.1 Å². The fourth-order valence-corrected chi connectivity index (χ4v) is 6.65. The van der Waals surface area contributed by atoms with Gasteiger partial charge in [-0.1, -0.05) is 153 Å². The molecule has 1 aliphatic carbocycles. The lowest BCUT2D eigenvalue weighted by Gasteiger charge is -2.25. The summed E-state index contributed by atoms with van der Waals surface area (Å²) in [7, 11) is 0. The van der Waals surface area contributed by atoms with Crippen LogP contribution >= 0.6 is 0 Å². The number of benzene rings is 6. The van der Waals surface area contributed by atoms with E-state index in [2.05, 4.69) is 134 Å². The van der Waals surface area contributed by atoms with Gasteiger partial charge in [0, 0.05) is 35.0 Å². The minimum absolute atomic E-state index is 0.0909. The smallest absolute Gasteiger partial charge is 0.140 e. The number of nitrogens with two attached hydrogens (primary N) is 1. The maximum Gasteiger partial charge on any atom is 0.140 e. The third-order valence-electron chi connectivity index (χ3n) is 8.97. The maximum atomic E-state index is 6.67. The van der Waals surface area contributed by atoms with Gasteiger partial charge in [0.25, 0.3) is 0 Å². The van der Waals surface area contributed by atoms with E-state index in [4.69, 9.17) is 10.8 Å². The summed E-state index contributed by atoms with van der Waals surface area (Å²) in [5.74, 6) is 6.67. The van der Waals surface area contributed by atoms with Crippen LogP contribution < -0.4 is 11.2 Å². The summed E-state index contributed by atoms with van der Waals surface area (Å²) < 4.78 is 0. The van der Waals surface area contributed by atoms with Crippen molar-refractivity contribution >= 4 is 17.6 Å². The van der Waals surface area contributed by atoms with Crippen LogP contribution in [0.25, 0.3) is 22.3 Å².